The molecule has 1 amide bonds. The zero-order valence-electron chi connectivity index (χ0n) is 9.26. The highest BCUT2D eigenvalue weighted by Crippen LogP contribution is 2.23. The Morgan fingerprint density at radius 3 is 2.41 bits per heavy atom. The lowest BCUT2D eigenvalue weighted by atomic mass is 10.2. The zero-order chi connectivity index (χ0) is 12.6. The van der Waals surface area contributed by atoms with Crippen molar-refractivity contribution in [2.75, 3.05) is 5.75 Å². The minimum Gasteiger partial charge on any atom is -0.273 e. The van der Waals surface area contributed by atoms with Crippen molar-refractivity contribution in [2.24, 2.45) is 5.92 Å². The number of rotatable bonds is 2. The van der Waals surface area contributed by atoms with E-state index in [0.717, 1.165) is 9.87 Å². The normalized spacial score (nSPS) is 23.1. The molecule has 92 valence electrons. The molecule has 17 heavy (non-hydrogen) atoms. The highest BCUT2D eigenvalue weighted by atomic mass is 35.5. The molecule has 4 nitrogen and oxygen atoms in total. The number of sulfonamides is 1. The van der Waals surface area contributed by atoms with E-state index in [-0.39, 0.29) is 18.2 Å². The molecule has 0 saturated carbocycles. The summed E-state index contributed by atoms with van der Waals surface area (Å²) in [6, 6.07) is 6.78. The fraction of sp³-hybridized carbons (Fsp3) is 0.364. The topological polar surface area (TPSA) is 54.5 Å². The van der Waals surface area contributed by atoms with Crippen LogP contribution in [0.1, 0.15) is 12.5 Å². The molecule has 1 aliphatic heterocycles. The van der Waals surface area contributed by atoms with Gasteiger partial charge in [-0.15, -0.1) is 0 Å². The Balaban J connectivity index is 2.24. The van der Waals surface area contributed by atoms with Crippen LogP contribution in [0.5, 0.6) is 0 Å². The Morgan fingerprint density at radius 2 is 1.94 bits per heavy atom. The van der Waals surface area contributed by atoms with Gasteiger partial charge in [-0.05, 0) is 17.7 Å². The van der Waals surface area contributed by atoms with Gasteiger partial charge in [-0.2, -0.15) is 0 Å². The standard InChI is InChI=1S/C11H12ClNO3S/c1-8-7-17(15,16)13(11(8)14)6-9-2-4-10(12)5-3-9/h2-5,8H,6-7H2,1H3. The lowest BCUT2D eigenvalue weighted by molar-refractivity contribution is -0.128. The van der Waals surface area contributed by atoms with E-state index in [4.69, 9.17) is 11.6 Å². The number of hydrogen-bond acceptors (Lipinski definition) is 3. The van der Waals surface area contributed by atoms with Gasteiger partial charge in [0.2, 0.25) is 15.9 Å². The molecule has 1 fully saturated rings. The monoisotopic (exact) mass is 273 g/mol. The Labute approximate surface area is 105 Å². The van der Waals surface area contributed by atoms with Crippen LogP contribution in [0.15, 0.2) is 24.3 Å². The van der Waals surface area contributed by atoms with Crippen molar-refractivity contribution in [3.05, 3.63) is 34.9 Å². The van der Waals surface area contributed by atoms with Gasteiger partial charge in [0.05, 0.1) is 18.2 Å². The third-order valence-electron chi connectivity index (χ3n) is 2.70. The van der Waals surface area contributed by atoms with Crippen LogP contribution in [0.2, 0.25) is 5.02 Å². The summed E-state index contributed by atoms with van der Waals surface area (Å²) in [6.45, 7) is 1.71. The van der Waals surface area contributed by atoms with Gasteiger partial charge in [-0.1, -0.05) is 30.7 Å². The molecule has 0 aliphatic carbocycles. The lowest BCUT2D eigenvalue weighted by Crippen LogP contribution is -2.29. The number of carbonyl (C=O) groups excluding carboxylic acids is 1. The van der Waals surface area contributed by atoms with Crippen molar-refractivity contribution in [3.8, 4) is 0 Å². The van der Waals surface area contributed by atoms with E-state index >= 15 is 0 Å². The molecule has 1 aromatic carbocycles. The second kappa shape index (κ2) is 4.31. The summed E-state index contributed by atoms with van der Waals surface area (Å²) in [6.07, 6.45) is 0. The summed E-state index contributed by atoms with van der Waals surface area (Å²) in [5.74, 6) is -0.883. The van der Waals surface area contributed by atoms with Crippen LogP contribution < -0.4 is 0 Å². The third-order valence-corrected chi connectivity index (χ3v) is 4.86. The van der Waals surface area contributed by atoms with E-state index in [0.29, 0.717) is 5.02 Å². The highest BCUT2D eigenvalue weighted by Gasteiger charge is 2.40. The molecule has 1 atom stereocenters. The molecule has 0 spiro atoms. The van der Waals surface area contributed by atoms with Crippen molar-refractivity contribution < 1.29 is 13.2 Å². The minimum atomic E-state index is -3.44. The van der Waals surface area contributed by atoms with Crippen LogP contribution in [0.4, 0.5) is 0 Å². The second-order valence-electron chi connectivity index (χ2n) is 4.15. The number of nitrogens with zero attached hydrogens (tertiary/aromatic N) is 1. The van der Waals surface area contributed by atoms with Crippen molar-refractivity contribution in [1.82, 2.24) is 4.31 Å². The fourth-order valence-electron chi connectivity index (χ4n) is 1.79. The van der Waals surface area contributed by atoms with E-state index in [1.807, 2.05) is 0 Å². The summed E-state index contributed by atoms with van der Waals surface area (Å²) < 4.78 is 24.4. The van der Waals surface area contributed by atoms with Gasteiger partial charge in [-0.3, -0.25) is 4.79 Å². The first kappa shape index (κ1) is 12.4. The maximum Gasteiger partial charge on any atom is 0.240 e. The molecule has 0 bridgehead atoms. The molecule has 1 aliphatic rings. The van der Waals surface area contributed by atoms with Gasteiger partial charge >= 0.3 is 0 Å². The average molecular weight is 274 g/mol. The van der Waals surface area contributed by atoms with E-state index in [1.54, 1.807) is 31.2 Å². The quantitative estimate of drug-likeness (QED) is 0.823. The molecule has 6 heteroatoms. The van der Waals surface area contributed by atoms with Crippen LogP contribution in [-0.4, -0.2) is 24.4 Å². The summed E-state index contributed by atoms with van der Waals surface area (Å²) >= 11 is 5.74. The van der Waals surface area contributed by atoms with E-state index in [9.17, 15) is 13.2 Å². The predicted molar refractivity (Wildman–Crippen MR) is 65.0 cm³/mol. The Hall–Kier alpha value is -1.07. The zero-order valence-corrected chi connectivity index (χ0v) is 10.8. The second-order valence-corrected chi connectivity index (χ2v) is 6.53. The molecular weight excluding hydrogens is 262 g/mol. The van der Waals surface area contributed by atoms with Crippen LogP contribution >= 0.6 is 11.6 Å². The van der Waals surface area contributed by atoms with Crippen molar-refractivity contribution >= 4 is 27.5 Å². The first-order chi connectivity index (χ1) is 7.90. The van der Waals surface area contributed by atoms with Crippen molar-refractivity contribution in [1.29, 1.82) is 0 Å². The molecule has 1 unspecified atom stereocenters. The van der Waals surface area contributed by atoms with E-state index in [1.165, 1.54) is 0 Å². The van der Waals surface area contributed by atoms with Gasteiger partial charge in [0.25, 0.3) is 0 Å². The van der Waals surface area contributed by atoms with Gasteiger partial charge in [0.1, 0.15) is 0 Å². The van der Waals surface area contributed by atoms with E-state index in [2.05, 4.69) is 0 Å². The number of amides is 1. The molecule has 0 aromatic heterocycles. The number of halogens is 1. The smallest absolute Gasteiger partial charge is 0.240 e. The van der Waals surface area contributed by atoms with Crippen LogP contribution in [0, 0.1) is 5.92 Å². The predicted octanol–water partition coefficient (Wildman–Crippen LogP) is 1.65. The largest absolute Gasteiger partial charge is 0.273 e. The van der Waals surface area contributed by atoms with Gasteiger partial charge in [-0.25, -0.2) is 12.7 Å². The van der Waals surface area contributed by atoms with Crippen molar-refractivity contribution in [2.45, 2.75) is 13.5 Å². The van der Waals surface area contributed by atoms with Gasteiger partial charge in [0.15, 0.2) is 0 Å². The summed E-state index contributed by atoms with van der Waals surface area (Å²) in [5.41, 5.74) is 0.750. The highest BCUT2D eigenvalue weighted by molar-refractivity contribution is 7.90. The minimum absolute atomic E-state index is 0.0860. The number of carbonyl (C=O) groups is 1. The van der Waals surface area contributed by atoms with Gasteiger partial charge < -0.3 is 0 Å². The molecule has 1 saturated heterocycles. The van der Waals surface area contributed by atoms with Crippen LogP contribution in [-0.2, 0) is 21.4 Å². The number of hydrogen-bond donors (Lipinski definition) is 0. The van der Waals surface area contributed by atoms with Gasteiger partial charge in [0, 0.05) is 5.02 Å². The maximum atomic E-state index is 11.7. The SMILES string of the molecule is CC1CS(=O)(=O)N(Cc2ccc(Cl)cc2)C1=O. The lowest BCUT2D eigenvalue weighted by Gasteiger charge is -2.15. The molecule has 2 rings (SSSR count). The summed E-state index contributed by atoms with van der Waals surface area (Å²) in [5, 5.41) is 0.581. The Morgan fingerprint density at radius 1 is 1.35 bits per heavy atom. The summed E-state index contributed by atoms with van der Waals surface area (Å²) in [4.78, 5) is 11.7. The van der Waals surface area contributed by atoms with Crippen LogP contribution in [0.25, 0.3) is 0 Å². The van der Waals surface area contributed by atoms with Crippen molar-refractivity contribution in [3.63, 3.8) is 0 Å². The Bertz CT molecular complexity index is 538. The molecule has 0 radical (unpaired) electrons. The number of benzene rings is 1. The molecular formula is C11H12ClNO3S. The average Bonchev–Trinajstić information content (AvgIpc) is 2.44. The maximum absolute atomic E-state index is 11.7. The Kier molecular flexibility index (Phi) is 3.14. The van der Waals surface area contributed by atoms with Crippen LogP contribution in [0.3, 0.4) is 0 Å². The molecule has 1 aromatic rings. The fourth-order valence-corrected chi connectivity index (χ4v) is 3.67. The first-order valence-corrected chi connectivity index (χ1v) is 7.17. The van der Waals surface area contributed by atoms with E-state index < -0.39 is 15.9 Å². The molecule has 1 heterocycles. The molecule has 0 N–H and O–H groups in total. The first-order valence-electron chi connectivity index (χ1n) is 5.19. The summed E-state index contributed by atoms with van der Waals surface area (Å²) in [7, 11) is -3.44. The third kappa shape index (κ3) is 2.45.